The Kier molecular flexibility index (Phi) is 4.85. The molecule has 0 aliphatic heterocycles. The van der Waals surface area contributed by atoms with Gasteiger partial charge in [0.2, 0.25) is 5.88 Å². The van der Waals surface area contributed by atoms with Crippen LogP contribution in [0.2, 0.25) is 0 Å². The molecule has 1 aromatic heterocycles. The molecule has 4 N–H and O–H groups in total. The number of aromatic nitrogens is 1. The summed E-state index contributed by atoms with van der Waals surface area (Å²) in [5, 5.41) is 12.6. The van der Waals surface area contributed by atoms with E-state index in [1.807, 2.05) is 13.0 Å². The van der Waals surface area contributed by atoms with Crippen molar-refractivity contribution in [1.82, 2.24) is 4.98 Å². The summed E-state index contributed by atoms with van der Waals surface area (Å²) < 4.78 is 5.38. The van der Waals surface area contributed by atoms with Crippen molar-refractivity contribution < 1.29 is 9.84 Å². The van der Waals surface area contributed by atoms with Gasteiger partial charge in [-0.3, -0.25) is 0 Å². The summed E-state index contributed by atoms with van der Waals surface area (Å²) in [5.41, 5.74) is 6.35. The van der Waals surface area contributed by atoms with E-state index in [-0.39, 0.29) is 6.61 Å². The summed E-state index contributed by atoms with van der Waals surface area (Å²) >= 11 is 0. The molecule has 0 radical (unpaired) electrons. The molecule has 0 spiro atoms. The highest BCUT2D eigenvalue weighted by Gasteiger charge is 2.26. The van der Waals surface area contributed by atoms with E-state index in [0.29, 0.717) is 30.0 Å². The van der Waals surface area contributed by atoms with Crippen molar-refractivity contribution in [1.29, 1.82) is 0 Å². The van der Waals surface area contributed by atoms with Crippen LogP contribution in [0.15, 0.2) is 12.1 Å². The Hall–Kier alpha value is -1.49. The van der Waals surface area contributed by atoms with Crippen LogP contribution in [0, 0.1) is 11.8 Å². The van der Waals surface area contributed by atoms with E-state index in [4.69, 9.17) is 10.5 Å². The lowest BCUT2D eigenvalue weighted by atomic mass is 9.97. The van der Waals surface area contributed by atoms with E-state index >= 15 is 0 Å². The minimum absolute atomic E-state index is 0.283. The summed E-state index contributed by atoms with van der Waals surface area (Å²) in [6, 6.07) is 3.67. The van der Waals surface area contributed by atoms with Gasteiger partial charge in [-0.05, 0) is 43.7 Å². The minimum atomic E-state index is 0.283. The molecule has 106 valence electrons. The number of nitrogen functional groups attached to an aromatic ring is 1. The van der Waals surface area contributed by atoms with Crippen LogP contribution in [0.3, 0.4) is 0 Å². The van der Waals surface area contributed by atoms with E-state index in [0.717, 1.165) is 18.8 Å². The second-order valence-electron chi connectivity index (χ2n) is 5.04. The fourth-order valence-electron chi connectivity index (χ4n) is 2.66. The van der Waals surface area contributed by atoms with Crippen LogP contribution >= 0.6 is 0 Å². The Labute approximate surface area is 114 Å². The van der Waals surface area contributed by atoms with Crippen LogP contribution in [-0.2, 0) is 0 Å². The van der Waals surface area contributed by atoms with Crippen molar-refractivity contribution in [2.75, 3.05) is 30.8 Å². The number of aliphatic hydroxyl groups is 1. The smallest absolute Gasteiger partial charge is 0.239 e. The molecule has 0 amide bonds. The monoisotopic (exact) mass is 265 g/mol. The first-order valence-corrected chi connectivity index (χ1v) is 6.98. The molecular formula is C14H23N3O2. The largest absolute Gasteiger partial charge is 0.476 e. The lowest BCUT2D eigenvalue weighted by Crippen LogP contribution is -2.21. The van der Waals surface area contributed by atoms with E-state index in [9.17, 15) is 5.11 Å². The van der Waals surface area contributed by atoms with Crippen molar-refractivity contribution in [3.8, 4) is 5.88 Å². The maximum Gasteiger partial charge on any atom is 0.239 e. The van der Waals surface area contributed by atoms with E-state index in [1.54, 1.807) is 6.07 Å². The SMILES string of the molecule is CCOc1nc(NCC2CCCC2CO)ccc1N. The maximum absolute atomic E-state index is 9.30. The molecule has 1 aliphatic carbocycles. The molecule has 2 atom stereocenters. The molecule has 0 aromatic carbocycles. The molecule has 1 saturated carbocycles. The maximum atomic E-state index is 9.30. The summed E-state index contributed by atoms with van der Waals surface area (Å²) in [6.07, 6.45) is 3.50. The zero-order chi connectivity index (χ0) is 13.7. The van der Waals surface area contributed by atoms with Crippen LogP contribution < -0.4 is 15.8 Å². The van der Waals surface area contributed by atoms with Gasteiger partial charge in [0, 0.05) is 13.2 Å². The highest BCUT2D eigenvalue weighted by atomic mass is 16.5. The van der Waals surface area contributed by atoms with E-state index in [2.05, 4.69) is 10.3 Å². The number of pyridine rings is 1. The minimum Gasteiger partial charge on any atom is -0.476 e. The topological polar surface area (TPSA) is 80.4 Å². The quantitative estimate of drug-likeness (QED) is 0.732. The van der Waals surface area contributed by atoms with Crippen molar-refractivity contribution in [2.45, 2.75) is 26.2 Å². The van der Waals surface area contributed by atoms with Crippen molar-refractivity contribution in [3.05, 3.63) is 12.1 Å². The van der Waals surface area contributed by atoms with E-state index < -0.39 is 0 Å². The van der Waals surface area contributed by atoms with Crippen LogP contribution in [0.25, 0.3) is 0 Å². The van der Waals surface area contributed by atoms with Gasteiger partial charge in [0.25, 0.3) is 0 Å². The zero-order valence-corrected chi connectivity index (χ0v) is 11.4. The number of rotatable bonds is 6. The fourth-order valence-corrected chi connectivity index (χ4v) is 2.66. The Morgan fingerprint density at radius 1 is 1.42 bits per heavy atom. The summed E-state index contributed by atoms with van der Waals surface area (Å²) in [5.74, 6) is 2.21. The van der Waals surface area contributed by atoms with Gasteiger partial charge in [-0.1, -0.05) is 6.42 Å². The summed E-state index contributed by atoms with van der Waals surface area (Å²) in [6.45, 7) is 3.58. The van der Waals surface area contributed by atoms with Crippen LogP contribution in [0.4, 0.5) is 11.5 Å². The average molecular weight is 265 g/mol. The standard InChI is InChI=1S/C14H23N3O2/c1-2-19-14-12(15)6-7-13(17-14)16-8-10-4-3-5-11(10)9-18/h6-7,10-11,18H,2-5,8-9,15H2,1H3,(H,16,17). The van der Waals surface area contributed by atoms with E-state index in [1.165, 1.54) is 12.8 Å². The lowest BCUT2D eigenvalue weighted by molar-refractivity contribution is 0.199. The van der Waals surface area contributed by atoms with Crippen LogP contribution in [0.5, 0.6) is 5.88 Å². The van der Waals surface area contributed by atoms with Gasteiger partial charge < -0.3 is 20.9 Å². The average Bonchev–Trinajstić information content (AvgIpc) is 2.87. The second kappa shape index (κ2) is 6.61. The third-order valence-electron chi connectivity index (χ3n) is 3.77. The van der Waals surface area contributed by atoms with Gasteiger partial charge in [0.05, 0.1) is 12.3 Å². The van der Waals surface area contributed by atoms with Gasteiger partial charge in [-0.15, -0.1) is 0 Å². The number of hydrogen-bond acceptors (Lipinski definition) is 5. The first-order valence-electron chi connectivity index (χ1n) is 6.98. The van der Waals surface area contributed by atoms with Gasteiger partial charge in [0.15, 0.2) is 0 Å². The highest BCUT2D eigenvalue weighted by Crippen LogP contribution is 2.31. The summed E-state index contributed by atoms with van der Waals surface area (Å²) in [7, 11) is 0. The van der Waals surface area contributed by atoms with Crippen LogP contribution in [-0.4, -0.2) is 29.8 Å². The first kappa shape index (κ1) is 13.9. The molecule has 1 fully saturated rings. The predicted molar refractivity (Wildman–Crippen MR) is 76.2 cm³/mol. The Morgan fingerprint density at radius 3 is 2.95 bits per heavy atom. The molecule has 1 heterocycles. The molecule has 5 nitrogen and oxygen atoms in total. The molecule has 0 saturated heterocycles. The molecule has 19 heavy (non-hydrogen) atoms. The van der Waals surface area contributed by atoms with Crippen molar-refractivity contribution in [2.24, 2.45) is 11.8 Å². The van der Waals surface area contributed by atoms with Crippen molar-refractivity contribution in [3.63, 3.8) is 0 Å². The number of nitrogens with two attached hydrogens (primary N) is 1. The Balaban J connectivity index is 1.93. The third kappa shape index (κ3) is 3.50. The molecule has 1 aromatic rings. The number of ether oxygens (including phenoxy) is 1. The zero-order valence-electron chi connectivity index (χ0n) is 11.4. The third-order valence-corrected chi connectivity index (χ3v) is 3.77. The Morgan fingerprint density at radius 2 is 2.21 bits per heavy atom. The number of hydrogen-bond donors (Lipinski definition) is 3. The molecule has 1 aliphatic rings. The number of nitrogens with zero attached hydrogens (tertiary/aromatic N) is 1. The van der Waals surface area contributed by atoms with Gasteiger partial charge >= 0.3 is 0 Å². The molecular weight excluding hydrogens is 242 g/mol. The molecule has 0 bridgehead atoms. The Bertz CT molecular complexity index is 412. The highest BCUT2D eigenvalue weighted by molar-refractivity contribution is 5.53. The van der Waals surface area contributed by atoms with Crippen LogP contribution in [0.1, 0.15) is 26.2 Å². The number of aliphatic hydroxyl groups excluding tert-OH is 1. The number of nitrogens with one attached hydrogen (secondary N) is 1. The number of anilines is 2. The lowest BCUT2D eigenvalue weighted by Gasteiger charge is -2.18. The fraction of sp³-hybridized carbons (Fsp3) is 0.643. The molecule has 2 rings (SSSR count). The second-order valence-corrected chi connectivity index (χ2v) is 5.04. The molecule has 5 heteroatoms. The molecule has 2 unspecified atom stereocenters. The van der Waals surface area contributed by atoms with Gasteiger partial charge in [0.1, 0.15) is 5.82 Å². The first-order chi connectivity index (χ1) is 9.24. The normalized spacial score (nSPS) is 22.4. The van der Waals surface area contributed by atoms with Gasteiger partial charge in [-0.25, -0.2) is 0 Å². The van der Waals surface area contributed by atoms with Crippen molar-refractivity contribution >= 4 is 11.5 Å². The van der Waals surface area contributed by atoms with Gasteiger partial charge in [-0.2, -0.15) is 4.98 Å². The summed E-state index contributed by atoms with van der Waals surface area (Å²) in [4.78, 5) is 4.35. The predicted octanol–water partition coefficient (Wildman–Crippen LogP) is 1.88.